The topological polar surface area (TPSA) is 88.5 Å². The van der Waals surface area contributed by atoms with Crippen LogP contribution in [0.1, 0.15) is 43.4 Å². The number of carboxylic acid groups (broad SMARTS) is 1. The van der Waals surface area contributed by atoms with Crippen molar-refractivity contribution >= 4 is 11.9 Å². The van der Waals surface area contributed by atoms with Crippen molar-refractivity contribution in [3.8, 4) is 0 Å². The number of nitrogens with zero attached hydrogens (tertiary/aromatic N) is 1. The zero-order chi connectivity index (χ0) is 16.5. The first-order valence-electron chi connectivity index (χ1n) is 7.36. The molecule has 0 radical (unpaired) electrons. The van der Waals surface area contributed by atoms with Crippen LogP contribution in [-0.4, -0.2) is 40.2 Å². The van der Waals surface area contributed by atoms with Crippen LogP contribution in [-0.2, 0) is 9.53 Å². The fourth-order valence-electron chi connectivity index (χ4n) is 2.96. The van der Waals surface area contributed by atoms with Crippen LogP contribution in [0.25, 0.3) is 0 Å². The molecule has 0 spiro atoms. The molecule has 0 unspecified atom stereocenters. The van der Waals surface area contributed by atoms with Gasteiger partial charge in [-0.25, -0.2) is 9.78 Å². The summed E-state index contributed by atoms with van der Waals surface area (Å²) < 4.78 is 5.57. The van der Waals surface area contributed by atoms with Crippen molar-refractivity contribution in [3.63, 3.8) is 0 Å². The van der Waals surface area contributed by atoms with Crippen LogP contribution < -0.4 is 5.32 Å². The molecule has 6 nitrogen and oxygen atoms in total. The highest BCUT2D eigenvalue weighted by Gasteiger charge is 2.66. The number of carbonyl (C=O) groups excluding carboxylic acids is 1. The third-order valence-electron chi connectivity index (χ3n) is 4.58. The average molecular weight is 306 g/mol. The highest BCUT2D eigenvalue weighted by Crippen LogP contribution is 2.51. The Balaban J connectivity index is 2.24. The molecule has 0 aliphatic heterocycles. The van der Waals surface area contributed by atoms with Gasteiger partial charge in [0.2, 0.25) is 0 Å². The van der Waals surface area contributed by atoms with Gasteiger partial charge in [0, 0.05) is 24.1 Å². The summed E-state index contributed by atoms with van der Waals surface area (Å²) in [6, 6.07) is 5.07. The quantitative estimate of drug-likeness (QED) is 0.865. The Hall–Kier alpha value is -1.95. The maximum absolute atomic E-state index is 12.4. The van der Waals surface area contributed by atoms with Crippen molar-refractivity contribution in [2.75, 3.05) is 6.61 Å². The van der Waals surface area contributed by atoms with E-state index in [0.717, 1.165) is 0 Å². The van der Waals surface area contributed by atoms with Gasteiger partial charge in [-0.2, -0.15) is 0 Å². The number of amides is 1. The Morgan fingerprint density at radius 2 is 2.14 bits per heavy atom. The molecule has 1 amide bonds. The van der Waals surface area contributed by atoms with Gasteiger partial charge in [0.05, 0.1) is 6.10 Å². The Morgan fingerprint density at radius 1 is 1.45 bits per heavy atom. The van der Waals surface area contributed by atoms with E-state index in [-0.39, 0.29) is 18.2 Å². The molecule has 120 valence electrons. The summed E-state index contributed by atoms with van der Waals surface area (Å²) in [5.74, 6) is -1.52. The summed E-state index contributed by atoms with van der Waals surface area (Å²) in [5.41, 5.74) is -1.11. The van der Waals surface area contributed by atoms with Crippen molar-refractivity contribution in [1.82, 2.24) is 10.3 Å². The van der Waals surface area contributed by atoms with E-state index in [1.54, 1.807) is 39.0 Å². The number of hydrogen-bond acceptors (Lipinski definition) is 4. The minimum Gasteiger partial charge on any atom is -0.479 e. The second kappa shape index (κ2) is 5.68. The first kappa shape index (κ1) is 16.4. The fraction of sp³-hybridized carbons (Fsp3) is 0.562. The van der Waals surface area contributed by atoms with Gasteiger partial charge in [0.25, 0.3) is 5.91 Å². The molecule has 22 heavy (non-hydrogen) atoms. The molecule has 2 atom stereocenters. The molecule has 6 heteroatoms. The van der Waals surface area contributed by atoms with Crippen LogP contribution in [0.4, 0.5) is 0 Å². The van der Waals surface area contributed by atoms with Crippen LogP contribution in [0.15, 0.2) is 18.2 Å². The van der Waals surface area contributed by atoms with Gasteiger partial charge in [-0.3, -0.25) is 4.79 Å². The van der Waals surface area contributed by atoms with Gasteiger partial charge < -0.3 is 15.2 Å². The molecule has 1 fully saturated rings. The predicted molar refractivity (Wildman–Crippen MR) is 80.6 cm³/mol. The Labute approximate surface area is 129 Å². The van der Waals surface area contributed by atoms with Gasteiger partial charge in [-0.15, -0.1) is 0 Å². The third kappa shape index (κ3) is 2.47. The number of hydrogen-bond donors (Lipinski definition) is 2. The van der Waals surface area contributed by atoms with E-state index >= 15 is 0 Å². The van der Waals surface area contributed by atoms with E-state index < -0.39 is 22.8 Å². The molecule has 0 bridgehead atoms. The second-order valence-corrected chi connectivity index (χ2v) is 6.20. The molecular formula is C16H22N2O4. The molecule has 1 aliphatic rings. The summed E-state index contributed by atoms with van der Waals surface area (Å²) >= 11 is 0. The van der Waals surface area contributed by atoms with Crippen LogP contribution in [0.3, 0.4) is 0 Å². The van der Waals surface area contributed by atoms with Gasteiger partial charge >= 0.3 is 5.97 Å². The zero-order valence-electron chi connectivity index (χ0n) is 13.3. The normalized spacial score (nSPS) is 26.1. The number of carboxylic acids is 1. The monoisotopic (exact) mass is 306 g/mol. The predicted octanol–water partition coefficient (Wildman–Crippen LogP) is 1.78. The minimum absolute atomic E-state index is 0.195. The van der Waals surface area contributed by atoms with E-state index in [4.69, 9.17) is 4.74 Å². The number of carbonyl (C=O) groups is 2. The Kier molecular flexibility index (Phi) is 4.24. The second-order valence-electron chi connectivity index (χ2n) is 6.20. The number of pyridine rings is 1. The van der Waals surface area contributed by atoms with Crippen LogP contribution in [0.2, 0.25) is 0 Å². The summed E-state index contributed by atoms with van der Waals surface area (Å²) in [5, 5.41) is 12.3. The van der Waals surface area contributed by atoms with E-state index in [1.165, 1.54) is 0 Å². The minimum atomic E-state index is -1.34. The van der Waals surface area contributed by atoms with E-state index in [0.29, 0.717) is 12.3 Å². The van der Waals surface area contributed by atoms with Crippen LogP contribution in [0, 0.1) is 12.3 Å². The zero-order valence-corrected chi connectivity index (χ0v) is 13.3. The Bertz CT molecular complexity index is 600. The lowest BCUT2D eigenvalue weighted by Gasteiger charge is -2.58. The van der Waals surface area contributed by atoms with Gasteiger partial charge in [0.15, 0.2) is 0 Å². The van der Waals surface area contributed by atoms with E-state index in [2.05, 4.69) is 10.3 Å². The number of aryl methyl sites for hydroxylation is 1. The molecule has 0 saturated heterocycles. The molecule has 1 heterocycles. The largest absolute Gasteiger partial charge is 0.479 e. The molecule has 1 aromatic heterocycles. The molecule has 1 aromatic rings. The SMILES string of the molecule is CCO[C@H]1C[C@](NC(=O)c2cccc(C)n2)(C(=O)O)C1(C)C. The molecule has 0 aromatic carbocycles. The molecule has 1 saturated carbocycles. The fourth-order valence-corrected chi connectivity index (χ4v) is 2.96. The molecular weight excluding hydrogens is 284 g/mol. The highest BCUT2D eigenvalue weighted by molar-refractivity contribution is 5.97. The molecule has 2 rings (SSSR count). The summed E-state index contributed by atoms with van der Waals surface area (Å²) in [4.78, 5) is 28.3. The van der Waals surface area contributed by atoms with Crippen LogP contribution >= 0.6 is 0 Å². The lowest BCUT2D eigenvalue weighted by atomic mass is 9.54. The number of rotatable bonds is 5. The molecule has 2 N–H and O–H groups in total. The van der Waals surface area contributed by atoms with Gasteiger partial charge in [0.1, 0.15) is 11.2 Å². The van der Waals surface area contributed by atoms with E-state index in [1.807, 2.05) is 6.92 Å². The van der Waals surface area contributed by atoms with Crippen molar-refractivity contribution in [2.45, 2.75) is 45.8 Å². The number of aliphatic carboxylic acids is 1. The van der Waals surface area contributed by atoms with Gasteiger partial charge in [-0.1, -0.05) is 19.9 Å². The Morgan fingerprint density at radius 3 is 2.64 bits per heavy atom. The van der Waals surface area contributed by atoms with Crippen molar-refractivity contribution in [3.05, 3.63) is 29.6 Å². The number of nitrogens with one attached hydrogen (secondary N) is 1. The average Bonchev–Trinajstić information content (AvgIpc) is 2.45. The van der Waals surface area contributed by atoms with Crippen molar-refractivity contribution in [1.29, 1.82) is 0 Å². The third-order valence-corrected chi connectivity index (χ3v) is 4.58. The summed E-state index contributed by atoms with van der Waals surface area (Å²) in [6.07, 6.45) is 0.0557. The summed E-state index contributed by atoms with van der Waals surface area (Å²) in [6.45, 7) is 7.76. The van der Waals surface area contributed by atoms with E-state index in [9.17, 15) is 14.7 Å². The highest BCUT2D eigenvalue weighted by atomic mass is 16.5. The molecule has 1 aliphatic carbocycles. The maximum Gasteiger partial charge on any atom is 0.330 e. The lowest BCUT2D eigenvalue weighted by Crippen LogP contribution is -2.76. The smallest absolute Gasteiger partial charge is 0.330 e. The maximum atomic E-state index is 12.4. The van der Waals surface area contributed by atoms with Crippen molar-refractivity contribution < 1.29 is 19.4 Å². The van der Waals surface area contributed by atoms with Gasteiger partial charge in [-0.05, 0) is 26.0 Å². The first-order chi connectivity index (χ1) is 10.2. The van der Waals surface area contributed by atoms with Crippen LogP contribution in [0.5, 0.6) is 0 Å². The lowest BCUT2D eigenvalue weighted by molar-refractivity contribution is -0.190. The standard InChI is InChI=1S/C16H22N2O4/c1-5-22-12-9-16(14(20)21,15(12,3)4)18-13(19)11-8-6-7-10(2)17-11/h6-8,12H,5,9H2,1-4H3,(H,18,19)(H,20,21)/t12-,16-/m0/s1. The first-order valence-corrected chi connectivity index (χ1v) is 7.36. The summed E-state index contributed by atoms with van der Waals surface area (Å²) in [7, 11) is 0. The number of ether oxygens (including phenoxy) is 1. The van der Waals surface area contributed by atoms with Crippen molar-refractivity contribution in [2.24, 2.45) is 5.41 Å². The number of aromatic nitrogens is 1.